The van der Waals surface area contributed by atoms with E-state index in [4.69, 9.17) is 9.47 Å². The summed E-state index contributed by atoms with van der Waals surface area (Å²) < 4.78 is 12.1. The van der Waals surface area contributed by atoms with E-state index in [0.717, 1.165) is 55.1 Å². The van der Waals surface area contributed by atoms with Crippen LogP contribution in [-0.2, 0) is 30.4 Å². The third-order valence-corrected chi connectivity index (χ3v) is 9.81. The zero-order chi connectivity index (χ0) is 27.9. The van der Waals surface area contributed by atoms with E-state index in [2.05, 4.69) is 24.3 Å². The number of likely N-dealkylation sites (tertiary alicyclic amines) is 2. The second-order valence-electron chi connectivity index (χ2n) is 12.1. The quantitative estimate of drug-likeness (QED) is 0.466. The maximum Gasteiger partial charge on any atom is 0.320 e. The summed E-state index contributed by atoms with van der Waals surface area (Å²) in [6.07, 6.45) is 8.20. The topological polar surface area (TPSA) is 76.2 Å². The molecule has 0 aromatic heterocycles. The number of piperidine rings is 1. The fourth-order valence-electron chi connectivity index (χ4n) is 7.62. The van der Waals surface area contributed by atoms with Crippen molar-refractivity contribution in [2.24, 2.45) is 17.3 Å². The van der Waals surface area contributed by atoms with Gasteiger partial charge in [-0.2, -0.15) is 0 Å². The molecule has 0 N–H and O–H groups in total. The van der Waals surface area contributed by atoms with Gasteiger partial charge in [-0.15, -0.1) is 0 Å². The minimum Gasteiger partial charge on any atom is -0.468 e. The van der Waals surface area contributed by atoms with Gasteiger partial charge in [0.1, 0.15) is 5.41 Å². The number of nitrogens with zero attached hydrogens (tertiary/aromatic N) is 2. The van der Waals surface area contributed by atoms with Gasteiger partial charge in [-0.05, 0) is 67.4 Å². The highest BCUT2D eigenvalue weighted by Crippen LogP contribution is 2.52. The Hall–Kier alpha value is -3.19. The first-order valence-electron chi connectivity index (χ1n) is 14.9. The van der Waals surface area contributed by atoms with Gasteiger partial charge >= 0.3 is 5.97 Å². The highest BCUT2D eigenvalue weighted by molar-refractivity contribution is 5.93. The molecule has 2 amide bonds. The number of hydrogen-bond donors (Lipinski definition) is 0. The van der Waals surface area contributed by atoms with E-state index in [-0.39, 0.29) is 30.8 Å². The summed E-state index contributed by atoms with van der Waals surface area (Å²) in [7, 11) is 1.40. The Morgan fingerprint density at radius 2 is 1.75 bits per heavy atom. The van der Waals surface area contributed by atoms with E-state index in [9.17, 15) is 14.4 Å². The molecule has 40 heavy (non-hydrogen) atoms. The smallest absolute Gasteiger partial charge is 0.320 e. The Kier molecular flexibility index (Phi) is 7.43. The van der Waals surface area contributed by atoms with Gasteiger partial charge in [0.2, 0.25) is 11.8 Å². The molecule has 212 valence electrons. The van der Waals surface area contributed by atoms with E-state index in [0.29, 0.717) is 18.2 Å². The summed E-state index contributed by atoms with van der Waals surface area (Å²) in [6.45, 7) is 3.73. The van der Waals surface area contributed by atoms with Crippen molar-refractivity contribution in [3.8, 4) is 0 Å². The van der Waals surface area contributed by atoms with Crippen LogP contribution < -0.4 is 0 Å². The van der Waals surface area contributed by atoms with E-state index < -0.39 is 23.4 Å². The standard InChI is InChI=1S/C33H40N2O5/c1-22-33(32(38)39-2)20-26(18-30(36)34-16-7-8-17-34)31(37)35(29(33)19-28(40-22)24-11-3-4-12-24)21-25-14-9-13-23-10-5-6-15-27(23)25/h5-6,9-10,13-15,19,22,24,26,28H,3-4,7-8,11-12,16-18,20-21H2,1-2H3/t22-,26+,28-,33+/m1/s1. The number of rotatable bonds is 6. The predicted molar refractivity (Wildman–Crippen MR) is 152 cm³/mol. The lowest BCUT2D eigenvalue weighted by molar-refractivity contribution is -0.178. The summed E-state index contributed by atoms with van der Waals surface area (Å²) in [6, 6.07) is 14.3. The molecule has 4 atom stereocenters. The van der Waals surface area contributed by atoms with Crippen molar-refractivity contribution in [2.45, 2.75) is 77.0 Å². The third kappa shape index (κ3) is 4.62. The zero-order valence-electron chi connectivity index (χ0n) is 23.6. The van der Waals surface area contributed by atoms with Gasteiger partial charge < -0.3 is 19.3 Å². The molecule has 2 aromatic rings. The molecule has 7 heteroatoms. The Labute approximate surface area is 236 Å². The normalized spacial score (nSPS) is 29.0. The average molecular weight is 545 g/mol. The lowest BCUT2D eigenvalue weighted by atomic mass is 9.66. The second-order valence-corrected chi connectivity index (χ2v) is 12.1. The van der Waals surface area contributed by atoms with E-state index in [1.54, 1.807) is 4.90 Å². The van der Waals surface area contributed by atoms with Crippen LogP contribution in [0.5, 0.6) is 0 Å². The molecular weight excluding hydrogens is 504 g/mol. The number of fused-ring (bicyclic) bond motifs is 2. The van der Waals surface area contributed by atoms with Crippen molar-refractivity contribution >= 4 is 28.6 Å². The van der Waals surface area contributed by atoms with Crippen molar-refractivity contribution in [1.29, 1.82) is 0 Å². The average Bonchev–Trinajstić information content (AvgIpc) is 3.70. The van der Waals surface area contributed by atoms with Crippen LogP contribution in [0.4, 0.5) is 0 Å². The third-order valence-electron chi connectivity index (χ3n) is 9.81. The summed E-state index contributed by atoms with van der Waals surface area (Å²) >= 11 is 0. The highest BCUT2D eigenvalue weighted by atomic mass is 16.5. The Balaban J connectivity index is 1.45. The first-order chi connectivity index (χ1) is 19.4. The molecule has 0 radical (unpaired) electrons. The molecule has 2 aromatic carbocycles. The van der Waals surface area contributed by atoms with Crippen LogP contribution in [-0.4, -0.2) is 60.0 Å². The molecule has 7 nitrogen and oxygen atoms in total. The fraction of sp³-hybridized carbons (Fsp3) is 0.545. The van der Waals surface area contributed by atoms with E-state index in [1.807, 2.05) is 36.1 Å². The molecule has 6 rings (SSSR count). The molecule has 0 unspecified atom stereocenters. The number of ether oxygens (including phenoxy) is 2. The number of carbonyl (C=O) groups excluding carboxylic acids is 3. The first kappa shape index (κ1) is 27.0. The molecule has 2 saturated heterocycles. The summed E-state index contributed by atoms with van der Waals surface area (Å²) in [5, 5.41) is 2.17. The Bertz CT molecular complexity index is 1320. The van der Waals surface area contributed by atoms with Crippen molar-refractivity contribution < 1.29 is 23.9 Å². The molecular formula is C33H40N2O5. The lowest BCUT2D eigenvalue weighted by Gasteiger charge is -2.52. The molecule has 3 fully saturated rings. The number of methoxy groups -OCH3 is 1. The largest absolute Gasteiger partial charge is 0.468 e. The minimum absolute atomic E-state index is 0.0124. The number of carbonyl (C=O) groups is 3. The molecule has 4 aliphatic rings. The molecule has 3 aliphatic heterocycles. The fourth-order valence-corrected chi connectivity index (χ4v) is 7.62. The summed E-state index contributed by atoms with van der Waals surface area (Å²) in [5.74, 6) is -0.764. The predicted octanol–water partition coefficient (Wildman–Crippen LogP) is 5.22. The highest BCUT2D eigenvalue weighted by Gasteiger charge is 2.60. The van der Waals surface area contributed by atoms with Crippen molar-refractivity contribution in [2.75, 3.05) is 20.2 Å². The van der Waals surface area contributed by atoms with Gasteiger partial charge in [0.05, 0.1) is 25.9 Å². The number of benzene rings is 2. The molecule has 1 saturated carbocycles. The van der Waals surface area contributed by atoms with Gasteiger partial charge in [0, 0.05) is 31.1 Å². The van der Waals surface area contributed by atoms with Gasteiger partial charge in [-0.1, -0.05) is 55.3 Å². The number of hydrogen-bond acceptors (Lipinski definition) is 5. The van der Waals surface area contributed by atoms with Gasteiger partial charge in [-0.25, -0.2) is 0 Å². The van der Waals surface area contributed by atoms with Crippen LogP contribution in [0.25, 0.3) is 10.8 Å². The van der Waals surface area contributed by atoms with Gasteiger partial charge in [-0.3, -0.25) is 14.4 Å². The number of amides is 2. The monoisotopic (exact) mass is 544 g/mol. The Morgan fingerprint density at radius 3 is 2.50 bits per heavy atom. The zero-order valence-corrected chi connectivity index (χ0v) is 23.6. The van der Waals surface area contributed by atoms with Crippen LogP contribution in [0, 0.1) is 17.3 Å². The van der Waals surface area contributed by atoms with Gasteiger partial charge in [0.25, 0.3) is 0 Å². The van der Waals surface area contributed by atoms with E-state index in [1.165, 1.54) is 20.0 Å². The van der Waals surface area contributed by atoms with Crippen LogP contribution in [0.3, 0.4) is 0 Å². The van der Waals surface area contributed by atoms with Crippen molar-refractivity contribution in [3.63, 3.8) is 0 Å². The van der Waals surface area contributed by atoms with Crippen LogP contribution in [0.2, 0.25) is 0 Å². The first-order valence-corrected chi connectivity index (χ1v) is 14.9. The molecule has 1 aliphatic carbocycles. The SMILES string of the molecule is COC(=O)[C@]12C[C@H](CC(=O)N3CCCC3)C(=O)N(Cc3cccc4ccccc34)C1=C[C@H](C1CCCC1)O[C@@H]2C. The van der Waals surface area contributed by atoms with Crippen molar-refractivity contribution in [3.05, 3.63) is 59.8 Å². The van der Waals surface area contributed by atoms with Crippen LogP contribution in [0.1, 0.15) is 63.9 Å². The van der Waals surface area contributed by atoms with E-state index >= 15 is 0 Å². The summed E-state index contributed by atoms with van der Waals surface area (Å²) in [4.78, 5) is 45.1. The van der Waals surface area contributed by atoms with Crippen LogP contribution in [0.15, 0.2) is 54.2 Å². The maximum absolute atomic E-state index is 14.4. The van der Waals surface area contributed by atoms with Gasteiger partial charge in [0.15, 0.2) is 0 Å². The summed E-state index contributed by atoms with van der Waals surface area (Å²) in [5.41, 5.74) is 0.546. The maximum atomic E-state index is 14.4. The second kappa shape index (κ2) is 11.0. The van der Waals surface area contributed by atoms with Crippen LogP contribution >= 0.6 is 0 Å². The lowest BCUT2D eigenvalue weighted by Crippen LogP contribution is -2.60. The number of esters is 1. The Morgan fingerprint density at radius 1 is 1.02 bits per heavy atom. The molecule has 0 spiro atoms. The molecule has 0 bridgehead atoms. The molecule has 3 heterocycles. The minimum atomic E-state index is -1.15. The van der Waals surface area contributed by atoms with Crippen molar-refractivity contribution in [1.82, 2.24) is 9.80 Å².